The summed E-state index contributed by atoms with van der Waals surface area (Å²) in [4.78, 5) is 15.4. The molecule has 0 unspecified atom stereocenters. The van der Waals surface area contributed by atoms with Crippen LogP contribution < -0.4 is 0 Å². The van der Waals surface area contributed by atoms with Crippen LogP contribution in [-0.4, -0.2) is 30.7 Å². The Hall–Kier alpha value is -4.06. The molecule has 0 aliphatic carbocycles. The first-order chi connectivity index (χ1) is 13.7. The van der Waals surface area contributed by atoms with Crippen LogP contribution in [0.25, 0.3) is 39.1 Å². The maximum Gasteiger partial charge on any atom is 0.335 e. The smallest absolute Gasteiger partial charge is 0.335 e. The first-order valence-corrected chi connectivity index (χ1v) is 8.73. The number of pyridine rings is 2. The predicted molar refractivity (Wildman–Crippen MR) is 106 cm³/mol. The molecule has 0 fully saturated rings. The number of carboxylic acids is 1. The molecule has 28 heavy (non-hydrogen) atoms. The van der Waals surface area contributed by atoms with Crippen molar-refractivity contribution in [3.63, 3.8) is 0 Å². The Morgan fingerprint density at radius 2 is 1.71 bits per heavy atom. The van der Waals surface area contributed by atoms with Gasteiger partial charge in [0.15, 0.2) is 11.5 Å². The van der Waals surface area contributed by atoms with Gasteiger partial charge in [-0.15, -0.1) is 10.2 Å². The number of aromatic nitrogens is 4. The van der Waals surface area contributed by atoms with Crippen LogP contribution in [0, 0.1) is 0 Å². The monoisotopic (exact) mass is 366 g/mol. The van der Waals surface area contributed by atoms with E-state index in [1.807, 2.05) is 53.1 Å². The van der Waals surface area contributed by atoms with Crippen molar-refractivity contribution >= 4 is 22.5 Å². The summed E-state index contributed by atoms with van der Waals surface area (Å²) in [5, 5.41) is 18.8. The molecule has 0 radical (unpaired) electrons. The van der Waals surface area contributed by atoms with Crippen LogP contribution in [0.1, 0.15) is 10.4 Å². The minimum absolute atomic E-state index is 0.263. The highest BCUT2D eigenvalue weighted by atomic mass is 16.4. The topological polar surface area (TPSA) is 80.4 Å². The lowest BCUT2D eigenvalue weighted by Gasteiger charge is -2.06. The molecular formula is C22H14N4O2. The summed E-state index contributed by atoms with van der Waals surface area (Å²) in [6, 6.07) is 20.6. The fourth-order valence-electron chi connectivity index (χ4n) is 3.35. The van der Waals surface area contributed by atoms with Gasteiger partial charge < -0.3 is 5.11 Å². The summed E-state index contributed by atoms with van der Waals surface area (Å²) >= 11 is 0. The number of benzene rings is 2. The van der Waals surface area contributed by atoms with Crippen molar-refractivity contribution in [3.8, 4) is 22.5 Å². The van der Waals surface area contributed by atoms with Crippen LogP contribution >= 0.6 is 0 Å². The maximum absolute atomic E-state index is 11.0. The SMILES string of the molecule is O=C(O)c1ccc(-c2ccn3c(-c4ccnc5ccccc45)nnc3c2)cc1. The minimum Gasteiger partial charge on any atom is -0.478 e. The molecule has 1 N–H and O–H groups in total. The largest absolute Gasteiger partial charge is 0.478 e. The number of nitrogens with zero attached hydrogens (tertiary/aromatic N) is 4. The van der Waals surface area contributed by atoms with Crippen molar-refractivity contribution in [2.24, 2.45) is 0 Å². The first-order valence-electron chi connectivity index (χ1n) is 8.73. The van der Waals surface area contributed by atoms with Gasteiger partial charge in [0.05, 0.1) is 11.1 Å². The highest BCUT2D eigenvalue weighted by Gasteiger charge is 2.12. The average molecular weight is 366 g/mol. The molecule has 0 amide bonds. The molecule has 0 aliphatic rings. The van der Waals surface area contributed by atoms with E-state index < -0.39 is 5.97 Å². The van der Waals surface area contributed by atoms with Crippen LogP contribution in [0.5, 0.6) is 0 Å². The number of aromatic carboxylic acids is 1. The Bertz CT molecular complexity index is 1330. The number of fused-ring (bicyclic) bond motifs is 2. The molecular weight excluding hydrogens is 352 g/mol. The van der Waals surface area contributed by atoms with E-state index >= 15 is 0 Å². The van der Waals surface area contributed by atoms with Gasteiger partial charge in [0.1, 0.15) is 0 Å². The summed E-state index contributed by atoms with van der Waals surface area (Å²) in [5.41, 5.74) is 4.73. The highest BCUT2D eigenvalue weighted by molar-refractivity contribution is 5.93. The van der Waals surface area contributed by atoms with Gasteiger partial charge in [-0.2, -0.15) is 0 Å². The molecule has 6 nitrogen and oxygen atoms in total. The molecule has 5 aromatic rings. The lowest BCUT2D eigenvalue weighted by molar-refractivity contribution is 0.0697. The zero-order valence-corrected chi connectivity index (χ0v) is 14.6. The van der Waals surface area contributed by atoms with Gasteiger partial charge in [-0.05, 0) is 47.5 Å². The standard InChI is InChI=1S/C22H14N4O2/c27-22(28)15-7-5-14(6-8-15)16-10-12-26-20(13-16)24-25-21(26)18-9-11-23-19-4-2-1-3-17(18)19/h1-13H,(H,27,28). The fraction of sp³-hybridized carbons (Fsp3) is 0. The molecule has 0 aliphatic heterocycles. The van der Waals surface area contributed by atoms with Crippen LogP contribution in [-0.2, 0) is 0 Å². The molecule has 3 aromatic heterocycles. The molecule has 6 heteroatoms. The Kier molecular flexibility index (Phi) is 3.62. The van der Waals surface area contributed by atoms with E-state index in [1.165, 1.54) is 0 Å². The zero-order valence-electron chi connectivity index (χ0n) is 14.6. The lowest BCUT2D eigenvalue weighted by atomic mass is 10.0. The van der Waals surface area contributed by atoms with Gasteiger partial charge in [-0.25, -0.2) is 4.79 Å². The Balaban J connectivity index is 1.61. The molecule has 5 rings (SSSR count). The van der Waals surface area contributed by atoms with Crippen LogP contribution in [0.4, 0.5) is 0 Å². The molecule has 0 saturated carbocycles. The third-order valence-electron chi connectivity index (χ3n) is 4.77. The van der Waals surface area contributed by atoms with E-state index in [9.17, 15) is 4.79 Å². The van der Waals surface area contributed by atoms with Gasteiger partial charge in [0.2, 0.25) is 0 Å². The van der Waals surface area contributed by atoms with E-state index in [2.05, 4.69) is 15.2 Å². The molecule has 3 heterocycles. The van der Waals surface area contributed by atoms with E-state index in [1.54, 1.807) is 30.5 Å². The molecule has 0 spiro atoms. The van der Waals surface area contributed by atoms with Crippen LogP contribution in [0.2, 0.25) is 0 Å². The third-order valence-corrected chi connectivity index (χ3v) is 4.77. The number of hydrogen-bond acceptors (Lipinski definition) is 4. The Labute approximate surface area is 159 Å². The summed E-state index contributed by atoms with van der Waals surface area (Å²) in [6.45, 7) is 0. The molecule has 2 aromatic carbocycles. The number of rotatable bonds is 3. The number of hydrogen-bond donors (Lipinski definition) is 1. The molecule has 0 saturated heterocycles. The van der Waals surface area contributed by atoms with Crippen molar-refractivity contribution in [1.29, 1.82) is 0 Å². The quantitative estimate of drug-likeness (QED) is 0.515. The summed E-state index contributed by atoms with van der Waals surface area (Å²) in [5.74, 6) is -0.185. The van der Waals surface area contributed by atoms with Gasteiger partial charge in [0, 0.05) is 23.3 Å². The van der Waals surface area contributed by atoms with Crippen molar-refractivity contribution in [1.82, 2.24) is 19.6 Å². The van der Waals surface area contributed by atoms with Gasteiger partial charge >= 0.3 is 5.97 Å². The molecule has 134 valence electrons. The van der Waals surface area contributed by atoms with E-state index in [0.29, 0.717) is 0 Å². The van der Waals surface area contributed by atoms with Crippen molar-refractivity contribution < 1.29 is 9.90 Å². The van der Waals surface area contributed by atoms with Gasteiger partial charge in [-0.3, -0.25) is 9.38 Å². The second-order valence-electron chi connectivity index (χ2n) is 6.43. The number of carboxylic acid groups (broad SMARTS) is 1. The lowest BCUT2D eigenvalue weighted by Crippen LogP contribution is -1.95. The van der Waals surface area contributed by atoms with E-state index in [4.69, 9.17) is 5.11 Å². The number of para-hydroxylation sites is 1. The van der Waals surface area contributed by atoms with Crippen molar-refractivity contribution in [2.75, 3.05) is 0 Å². The predicted octanol–water partition coefficient (Wildman–Crippen LogP) is 4.31. The first kappa shape index (κ1) is 16.1. The zero-order chi connectivity index (χ0) is 19.1. The van der Waals surface area contributed by atoms with Crippen LogP contribution in [0.15, 0.2) is 79.1 Å². The molecule has 0 atom stereocenters. The second-order valence-corrected chi connectivity index (χ2v) is 6.43. The maximum atomic E-state index is 11.0. The second kappa shape index (κ2) is 6.28. The molecule has 0 bridgehead atoms. The van der Waals surface area contributed by atoms with Crippen molar-refractivity contribution in [3.05, 3.63) is 84.7 Å². The Morgan fingerprint density at radius 1 is 0.893 bits per heavy atom. The van der Waals surface area contributed by atoms with E-state index in [0.717, 1.165) is 39.1 Å². The fourth-order valence-corrected chi connectivity index (χ4v) is 3.35. The summed E-state index contributed by atoms with van der Waals surface area (Å²) < 4.78 is 1.94. The third kappa shape index (κ3) is 2.59. The van der Waals surface area contributed by atoms with E-state index in [-0.39, 0.29) is 5.56 Å². The highest BCUT2D eigenvalue weighted by Crippen LogP contribution is 2.28. The Morgan fingerprint density at radius 3 is 2.54 bits per heavy atom. The minimum atomic E-state index is -0.936. The summed E-state index contributed by atoms with van der Waals surface area (Å²) in [7, 11) is 0. The average Bonchev–Trinajstić information content (AvgIpc) is 3.16. The normalized spacial score (nSPS) is 11.1. The van der Waals surface area contributed by atoms with Gasteiger partial charge in [-0.1, -0.05) is 30.3 Å². The summed E-state index contributed by atoms with van der Waals surface area (Å²) in [6.07, 6.45) is 3.71. The van der Waals surface area contributed by atoms with Crippen molar-refractivity contribution in [2.45, 2.75) is 0 Å². The van der Waals surface area contributed by atoms with Gasteiger partial charge in [0.25, 0.3) is 0 Å². The number of carbonyl (C=O) groups is 1. The van der Waals surface area contributed by atoms with Crippen LogP contribution in [0.3, 0.4) is 0 Å².